The molecule has 0 aliphatic carbocycles. The van der Waals surface area contributed by atoms with E-state index in [1.165, 1.54) is 12.8 Å². The van der Waals surface area contributed by atoms with Gasteiger partial charge in [0.1, 0.15) is 0 Å². The molecule has 9 nitrogen and oxygen atoms in total. The van der Waals surface area contributed by atoms with E-state index in [0.29, 0.717) is 17.8 Å². The molecule has 0 aromatic carbocycles. The molecule has 170 valence electrons. The summed E-state index contributed by atoms with van der Waals surface area (Å²) >= 11 is 0. The van der Waals surface area contributed by atoms with Gasteiger partial charge in [0.05, 0.1) is 6.10 Å². The molecule has 0 amide bonds. The molecule has 4 aliphatic rings. The molecule has 0 spiro atoms. The van der Waals surface area contributed by atoms with Crippen molar-refractivity contribution >= 4 is 17.8 Å². The SMILES string of the molecule is O=c1cccc2n1C[C@@H]1C[C@@H]2CN(c2nc(NC[C@@H]3CCCO3)nc(N3CCCC3)n2)C1. The minimum absolute atomic E-state index is 0.114. The van der Waals surface area contributed by atoms with Gasteiger partial charge in [-0.3, -0.25) is 4.79 Å². The van der Waals surface area contributed by atoms with Crippen molar-refractivity contribution in [1.29, 1.82) is 0 Å². The van der Waals surface area contributed by atoms with Crippen molar-refractivity contribution in [2.45, 2.75) is 50.7 Å². The van der Waals surface area contributed by atoms with Crippen LogP contribution in [0.25, 0.3) is 0 Å². The van der Waals surface area contributed by atoms with Crippen LogP contribution >= 0.6 is 0 Å². The molecule has 0 radical (unpaired) electrons. The summed E-state index contributed by atoms with van der Waals surface area (Å²) in [7, 11) is 0. The first kappa shape index (κ1) is 20.0. The van der Waals surface area contributed by atoms with Crippen LogP contribution in [0.5, 0.6) is 0 Å². The third-order valence-corrected chi connectivity index (χ3v) is 7.28. The second kappa shape index (κ2) is 8.35. The second-order valence-electron chi connectivity index (χ2n) is 9.57. The van der Waals surface area contributed by atoms with Crippen LogP contribution in [0.1, 0.15) is 43.7 Å². The zero-order valence-corrected chi connectivity index (χ0v) is 18.4. The number of hydrogen-bond acceptors (Lipinski definition) is 8. The largest absolute Gasteiger partial charge is 0.376 e. The van der Waals surface area contributed by atoms with Crippen LogP contribution in [0, 0.1) is 5.92 Å². The maximum Gasteiger partial charge on any atom is 0.250 e. The first-order valence-corrected chi connectivity index (χ1v) is 12.0. The number of piperidine rings is 1. The van der Waals surface area contributed by atoms with Crippen LogP contribution in [0.2, 0.25) is 0 Å². The number of nitrogens with one attached hydrogen (secondary N) is 1. The highest BCUT2D eigenvalue weighted by molar-refractivity contribution is 5.47. The molecule has 2 bridgehead atoms. The highest BCUT2D eigenvalue weighted by atomic mass is 16.5. The monoisotopic (exact) mass is 437 g/mol. The van der Waals surface area contributed by atoms with E-state index in [0.717, 1.165) is 82.7 Å². The number of fused-ring (bicyclic) bond motifs is 4. The lowest BCUT2D eigenvalue weighted by molar-refractivity contribution is 0.120. The molecule has 32 heavy (non-hydrogen) atoms. The first-order valence-electron chi connectivity index (χ1n) is 12.0. The van der Waals surface area contributed by atoms with Gasteiger partial charge in [-0.2, -0.15) is 15.0 Å². The Balaban J connectivity index is 1.28. The van der Waals surface area contributed by atoms with E-state index < -0.39 is 0 Å². The Kier molecular flexibility index (Phi) is 5.21. The maximum absolute atomic E-state index is 12.4. The Labute approximate surface area is 187 Å². The van der Waals surface area contributed by atoms with Crippen LogP contribution in [0.3, 0.4) is 0 Å². The van der Waals surface area contributed by atoms with Crippen molar-refractivity contribution in [3.8, 4) is 0 Å². The molecular formula is C23H31N7O2. The Bertz CT molecular complexity index is 1030. The minimum atomic E-state index is 0.114. The topological polar surface area (TPSA) is 88.4 Å². The fourth-order valence-electron chi connectivity index (χ4n) is 5.70. The fourth-order valence-corrected chi connectivity index (χ4v) is 5.70. The molecule has 9 heteroatoms. The summed E-state index contributed by atoms with van der Waals surface area (Å²) in [5.41, 5.74) is 1.26. The van der Waals surface area contributed by atoms with Gasteiger partial charge in [0.2, 0.25) is 17.8 Å². The van der Waals surface area contributed by atoms with E-state index in [2.05, 4.69) is 21.2 Å². The standard InChI is InChI=1S/C23H31N7O2/c31-20-7-3-6-19-17-11-16(14-30(19)20)13-29(15-17)23-26-21(24-12-18-5-4-10-32-18)25-22(27-23)28-8-1-2-9-28/h3,6-7,16-18H,1-2,4-5,8-15H2,(H,24,25,26,27)/t16-,17-,18+/m1/s1. The normalized spacial score (nSPS) is 26.9. The number of ether oxygens (including phenoxy) is 1. The second-order valence-corrected chi connectivity index (χ2v) is 9.57. The Hall–Kier alpha value is -2.68. The quantitative estimate of drug-likeness (QED) is 0.758. The van der Waals surface area contributed by atoms with E-state index in [9.17, 15) is 4.79 Å². The van der Waals surface area contributed by atoms with Crippen molar-refractivity contribution in [2.24, 2.45) is 5.92 Å². The Morgan fingerprint density at radius 3 is 2.66 bits per heavy atom. The molecule has 3 fully saturated rings. The molecular weight excluding hydrogens is 406 g/mol. The van der Waals surface area contributed by atoms with Crippen LogP contribution in [0.4, 0.5) is 17.8 Å². The van der Waals surface area contributed by atoms with Gasteiger partial charge in [-0.15, -0.1) is 0 Å². The summed E-state index contributed by atoms with van der Waals surface area (Å²) < 4.78 is 7.73. The molecule has 6 rings (SSSR count). The number of rotatable bonds is 5. The molecule has 1 N–H and O–H groups in total. The van der Waals surface area contributed by atoms with Gasteiger partial charge in [-0.1, -0.05) is 6.07 Å². The maximum atomic E-state index is 12.4. The molecule has 2 aromatic heterocycles. The molecule has 3 saturated heterocycles. The Morgan fingerprint density at radius 2 is 1.84 bits per heavy atom. The van der Waals surface area contributed by atoms with Crippen molar-refractivity contribution in [2.75, 3.05) is 54.4 Å². The van der Waals surface area contributed by atoms with E-state index in [4.69, 9.17) is 19.7 Å². The lowest BCUT2D eigenvalue weighted by Crippen LogP contribution is -2.47. The van der Waals surface area contributed by atoms with Crippen molar-refractivity contribution < 1.29 is 4.74 Å². The predicted molar refractivity (Wildman–Crippen MR) is 123 cm³/mol. The number of anilines is 3. The average molecular weight is 438 g/mol. The zero-order chi connectivity index (χ0) is 21.5. The third kappa shape index (κ3) is 3.83. The summed E-state index contributed by atoms with van der Waals surface area (Å²) in [6, 6.07) is 5.65. The van der Waals surface area contributed by atoms with E-state index >= 15 is 0 Å². The molecule has 2 aromatic rings. The van der Waals surface area contributed by atoms with Crippen LogP contribution in [0.15, 0.2) is 23.0 Å². The van der Waals surface area contributed by atoms with Gasteiger partial charge >= 0.3 is 0 Å². The van der Waals surface area contributed by atoms with Gasteiger partial charge in [0.15, 0.2) is 0 Å². The summed E-state index contributed by atoms with van der Waals surface area (Å²) in [5.74, 6) is 2.91. The summed E-state index contributed by atoms with van der Waals surface area (Å²) in [4.78, 5) is 31.4. The van der Waals surface area contributed by atoms with E-state index in [1.807, 2.05) is 10.6 Å². The number of pyridine rings is 1. The summed E-state index contributed by atoms with van der Waals surface area (Å²) in [6.45, 7) is 6.03. The first-order chi connectivity index (χ1) is 15.7. The van der Waals surface area contributed by atoms with Gasteiger partial charge in [0, 0.05) is 63.6 Å². The van der Waals surface area contributed by atoms with Gasteiger partial charge < -0.3 is 24.4 Å². The van der Waals surface area contributed by atoms with Gasteiger partial charge in [-0.05, 0) is 44.1 Å². The number of aromatic nitrogens is 4. The van der Waals surface area contributed by atoms with Crippen molar-refractivity contribution in [3.05, 3.63) is 34.2 Å². The smallest absolute Gasteiger partial charge is 0.250 e. The molecule has 3 atom stereocenters. The summed E-state index contributed by atoms with van der Waals surface area (Å²) in [6.07, 6.45) is 5.91. The third-order valence-electron chi connectivity index (χ3n) is 7.28. The predicted octanol–water partition coefficient (Wildman–Crippen LogP) is 1.85. The lowest BCUT2D eigenvalue weighted by atomic mass is 9.83. The van der Waals surface area contributed by atoms with Crippen molar-refractivity contribution in [1.82, 2.24) is 19.5 Å². The summed E-state index contributed by atoms with van der Waals surface area (Å²) in [5, 5.41) is 3.42. The van der Waals surface area contributed by atoms with Gasteiger partial charge in [0.25, 0.3) is 5.56 Å². The highest BCUT2D eigenvalue weighted by Gasteiger charge is 2.36. The Morgan fingerprint density at radius 1 is 1.00 bits per heavy atom. The zero-order valence-electron chi connectivity index (χ0n) is 18.4. The molecule has 6 heterocycles. The van der Waals surface area contributed by atoms with Crippen molar-refractivity contribution in [3.63, 3.8) is 0 Å². The molecule has 4 aliphatic heterocycles. The van der Waals surface area contributed by atoms with Crippen LogP contribution < -0.4 is 20.7 Å². The number of hydrogen-bond donors (Lipinski definition) is 1. The minimum Gasteiger partial charge on any atom is -0.376 e. The number of nitrogens with zero attached hydrogens (tertiary/aromatic N) is 6. The lowest BCUT2D eigenvalue weighted by Gasteiger charge is -2.42. The fraction of sp³-hybridized carbons (Fsp3) is 0.652. The molecule has 0 saturated carbocycles. The van der Waals surface area contributed by atoms with Gasteiger partial charge in [-0.25, -0.2) is 0 Å². The van der Waals surface area contributed by atoms with Crippen LogP contribution in [-0.2, 0) is 11.3 Å². The van der Waals surface area contributed by atoms with E-state index in [1.54, 1.807) is 6.07 Å². The average Bonchev–Trinajstić information content (AvgIpc) is 3.53. The molecule has 0 unspecified atom stereocenters. The van der Waals surface area contributed by atoms with E-state index in [-0.39, 0.29) is 11.7 Å². The van der Waals surface area contributed by atoms with Crippen LogP contribution in [-0.4, -0.2) is 65.0 Å². The highest BCUT2D eigenvalue weighted by Crippen LogP contribution is 2.36.